The lowest BCUT2D eigenvalue weighted by atomic mass is 10.2. The molecule has 3 rings (SSSR count). The molecule has 3 heteroatoms. The van der Waals surface area contributed by atoms with Crippen LogP contribution in [0.4, 0.5) is 0 Å². The van der Waals surface area contributed by atoms with Gasteiger partial charge in [0.2, 0.25) is 0 Å². The van der Waals surface area contributed by atoms with Crippen LogP contribution in [0.15, 0.2) is 36.4 Å². The first-order valence-electron chi connectivity index (χ1n) is 4.98. The molecule has 2 nitrogen and oxygen atoms in total. The summed E-state index contributed by atoms with van der Waals surface area (Å²) in [6, 6.07) is 11.2. The molecule has 0 aromatic heterocycles. The second-order valence-corrected chi connectivity index (χ2v) is 4.18. The highest BCUT2D eigenvalue weighted by Gasteiger charge is 2.18. The lowest BCUT2D eigenvalue weighted by Crippen LogP contribution is -1.98. The van der Waals surface area contributed by atoms with E-state index in [2.05, 4.69) is 0 Å². The van der Waals surface area contributed by atoms with Crippen molar-refractivity contribution in [2.24, 2.45) is 0 Å². The molecule has 0 N–H and O–H groups in total. The Morgan fingerprint density at radius 2 is 1.44 bits per heavy atom. The third-order valence-corrected chi connectivity index (χ3v) is 2.68. The molecule has 2 aromatic rings. The number of halogens is 1. The first-order chi connectivity index (χ1) is 7.72. The smallest absolute Gasteiger partial charge is 0.171 e. The molecular formula is C13H9ClO2. The highest BCUT2D eigenvalue weighted by atomic mass is 35.5. The van der Waals surface area contributed by atoms with Crippen LogP contribution in [0.2, 0.25) is 5.02 Å². The van der Waals surface area contributed by atoms with E-state index in [1.165, 1.54) is 0 Å². The van der Waals surface area contributed by atoms with Crippen LogP contribution in [0.25, 0.3) is 0 Å². The van der Waals surface area contributed by atoms with Crippen molar-refractivity contribution in [1.29, 1.82) is 0 Å². The normalized spacial score (nSPS) is 12.1. The lowest BCUT2D eigenvalue weighted by Gasteiger charge is -2.20. The molecule has 0 atom stereocenters. The summed E-state index contributed by atoms with van der Waals surface area (Å²) in [5.41, 5.74) is 1.14. The van der Waals surface area contributed by atoms with Crippen molar-refractivity contribution in [3.63, 3.8) is 0 Å². The standard InChI is InChI=1S/C13H9ClO2/c1-8-2-4-10-12(6-8)15-11-5-3-9(14)7-13(11)16-10/h2-7H,1H3. The second-order valence-electron chi connectivity index (χ2n) is 3.75. The molecular weight excluding hydrogens is 224 g/mol. The van der Waals surface area contributed by atoms with Crippen LogP contribution in [0, 0.1) is 6.92 Å². The topological polar surface area (TPSA) is 18.5 Å². The summed E-state index contributed by atoms with van der Waals surface area (Å²) in [5.74, 6) is 2.82. The monoisotopic (exact) mass is 232 g/mol. The van der Waals surface area contributed by atoms with Crippen LogP contribution in [0.5, 0.6) is 23.0 Å². The molecule has 1 aliphatic heterocycles. The number of rotatable bonds is 0. The van der Waals surface area contributed by atoms with E-state index in [-0.39, 0.29) is 0 Å². The average Bonchev–Trinajstić information content (AvgIpc) is 2.26. The van der Waals surface area contributed by atoms with Crippen LogP contribution >= 0.6 is 11.6 Å². The van der Waals surface area contributed by atoms with Crippen LogP contribution in [0.3, 0.4) is 0 Å². The van der Waals surface area contributed by atoms with Gasteiger partial charge in [0.15, 0.2) is 23.0 Å². The predicted octanol–water partition coefficient (Wildman–Crippen LogP) is 4.55. The fourth-order valence-corrected chi connectivity index (χ4v) is 1.82. The van der Waals surface area contributed by atoms with E-state index >= 15 is 0 Å². The van der Waals surface area contributed by atoms with Crippen LogP contribution in [-0.2, 0) is 0 Å². The van der Waals surface area contributed by atoms with E-state index in [1.807, 2.05) is 31.2 Å². The number of ether oxygens (including phenoxy) is 2. The van der Waals surface area contributed by atoms with E-state index in [9.17, 15) is 0 Å². The van der Waals surface area contributed by atoms with Crippen molar-refractivity contribution in [3.05, 3.63) is 47.0 Å². The van der Waals surface area contributed by atoms with Gasteiger partial charge in [-0.3, -0.25) is 0 Å². The molecule has 0 spiro atoms. The van der Waals surface area contributed by atoms with E-state index < -0.39 is 0 Å². The van der Waals surface area contributed by atoms with Gasteiger partial charge in [0.25, 0.3) is 0 Å². The van der Waals surface area contributed by atoms with E-state index in [0.29, 0.717) is 16.5 Å². The van der Waals surface area contributed by atoms with Crippen molar-refractivity contribution in [2.75, 3.05) is 0 Å². The summed E-state index contributed by atoms with van der Waals surface area (Å²) in [5, 5.41) is 0.637. The zero-order valence-corrected chi connectivity index (χ0v) is 9.41. The van der Waals surface area contributed by atoms with Gasteiger partial charge in [-0.1, -0.05) is 17.7 Å². The molecule has 1 heterocycles. The molecule has 0 bridgehead atoms. The number of benzene rings is 2. The molecule has 0 fully saturated rings. The highest BCUT2D eigenvalue weighted by Crippen LogP contribution is 2.46. The quantitative estimate of drug-likeness (QED) is 0.566. The minimum atomic E-state index is 0.637. The Labute approximate surface area is 98.4 Å². The zero-order valence-electron chi connectivity index (χ0n) is 8.66. The summed E-state index contributed by atoms with van der Waals surface area (Å²) < 4.78 is 11.4. The number of fused-ring (bicyclic) bond motifs is 2. The first-order valence-corrected chi connectivity index (χ1v) is 5.36. The number of aryl methyl sites for hydroxylation is 1. The molecule has 0 saturated heterocycles. The van der Waals surface area contributed by atoms with Crippen LogP contribution < -0.4 is 9.47 Å². The van der Waals surface area contributed by atoms with Gasteiger partial charge in [-0.05, 0) is 36.8 Å². The summed E-state index contributed by atoms with van der Waals surface area (Å²) in [4.78, 5) is 0. The van der Waals surface area contributed by atoms with Crippen molar-refractivity contribution in [1.82, 2.24) is 0 Å². The van der Waals surface area contributed by atoms with Crippen LogP contribution in [0.1, 0.15) is 5.56 Å². The average molecular weight is 233 g/mol. The largest absolute Gasteiger partial charge is 0.450 e. The van der Waals surface area contributed by atoms with Crippen LogP contribution in [-0.4, -0.2) is 0 Å². The van der Waals surface area contributed by atoms with Crippen molar-refractivity contribution >= 4 is 11.6 Å². The van der Waals surface area contributed by atoms with Gasteiger partial charge in [0.05, 0.1) is 0 Å². The third-order valence-electron chi connectivity index (χ3n) is 2.44. The summed E-state index contributed by atoms with van der Waals surface area (Å²) in [7, 11) is 0. The molecule has 0 radical (unpaired) electrons. The second kappa shape index (κ2) is 3.42. The number of hydrogen-bond donors (Lipinski definition) is 0. The maximum Gasteiger partial charge on any atom is 0.171 e. The molecule has 0 unspecified atom stereocenters. The van der Waals surface area contributed by atoms with Crippen molar-refractivity contribution in [3.8, 4) is 23.0 Å². The molecule has 16 heavy (non-hydrogen) atoms. The highest BCUT2D eigenvalue weighted by molar-refractivity contribution is 6.30. The maximum atomic E-state index is 5.89. The fraction of sp³-hybridized carbons (Fsp3) is 0.0769. The molecule has 0 aliphatic carbocycles. The maximum absolute atomic E-state index is 5.89. The van der Waals surface area contributed by atoms with Crippen molar-refractivity contribution < 1.29 is 9.47 Å². The van der Waals surface area contributed by atoms with Gasteiger partial charge in [-0.25, -0.2) is 0 Å². The summed E-state index contributed by atoms with van der Waals surface area (Å²) >= 11 is 5.89. The Kier molecular flexibility index (Phi) is 2.04. The first kappa shape index (κ1) is 9.55. The fourth-order valence-electron chi connectivity index (χ4n) is 1.66. The zero-order chi connectivity index (χ0) is 11.1. The molecule has 0 amide bonds. The Balaban J connectivity index is 2.09. The SMILES string of the molecule is Cc1ccc2c(c1)Oc1ccc(Cl)cc1O2. The Morgan fingerprint density at radius 1 is 0.812 bits per heavy atom. The molecule has 2 aromatic carbocycles. The van der Waals surface area contributed by atoms with Gasteiger partial charge >= 0.3 is 0 Å². The minimum absolute atomic E-state index is 0.637. The summed E-state index contributed by atoms with van der Waals surface area (Å²) in [6.07, 6.45) is 0. The Bertz CT molecular complexity index is 512. The molecule has 0 saturated carbocycles. The predicted molar refractivity (Wildman–Crippen MR) is 62.8 cm³/mol. The molecule has 80 valence electrons. The lowest BCUT2D eigenvalue weighted by molar-refractivity contribution is 0.359. The van der Waals surface area contributed by atoms with E-state index in [0.717, 1.165) is 17.1 Å². The van der Waals surface area contributed by atoms with E-state index in [1.54, 1.807) is 12.1 Å². The van der Waals surface area contributed by atoms with Gasteiger partial charge in [-0.2, -0.15) is 0 Å². The third kappa shape index (κ3) is 1.51. The van der Waals surface area contributed by atoms with Crippen molar-refractivity contribution in [2.45, 2.75) is 6.92 Å². The van der Waals surface area contributed by atoms with Gasteiger partial charge in [-0.15, -0.1) is 0 Å². The van der Waals surface area contributed by atoms with Gasteiger partial charge in [0.1, 0.15) is 0 Å². The Hall–Kier alpha value is -1.67. The van der Waals surface area contributed by atoms with Gasteiger partial charge in [0, 0.05) is 11.1 Å². The number of hydrogen-bond acceptors (Lipinski definition) is 2. The molecule has 1 aliphatic rings. The summed E-state index contributed by atoms with van der Waals surface area (Å²) in [6.45, 7) is 2.01. The minimum Gasteiger partial charge on any atom is -0.450 e. The Morgan fingerprint density at radius 3 is 2.19 bits per heavy atom. The van der Waals surface area contributed by atoms with Gasteiger partial charge < -0.3 is 9.47 Å². The van der Waals surface area contributed by atoms with E-state index in [4.69, 9.17) is 21.1 Å².